The molecule has 3 heterocycles. The van der Waals surface area contributed by atoms with Crippen molar-refractivity contribution in [3.8, 4) is 50.7 Å². The molecule has 11 rings (SSSR count). The van der Waals surface area contributed by atoms with E-state index in [0.717, 1.165) is 66.8 Å². The smallest absolute Gasteiger partial charge is 0.137 e. The first-order chi connectivity index (χ1) is 34.9. The van der Waals surface area contributed by atoms with Crippen molar-refractivity contribution in [1.82, 2.24) is 9.55 Å². The van der Waals surface area contributed by atoms with Crippen molar-refractivity contribution in [2.24, 2.45) is 0 Å². The third kappa shape index (κ3) is 7.98. The Balaban J connectivity index is 0.997. The lowest BCUT2D eigenvalue weighted by atomic mass is 9.80. The number of pyridine rings is 1. The SMILES string of the molecule is [2H]c1c([2H])c([2H])c(-c2cnc(-n3c4ccc(-c5ccccc5)cc4c4ccc(Oc5cccc(N6CN(c7cc(C(C)(C)C)cc(C(C)(C)C)c7)c7cc(-c8ccccc8)ccc76)c5)cc43)cc2C)c([2H])c1[2H]. The van der Waals surface area contributed by atoms with Gasteiger partial charge in [-0.2, -0.15) is 0 Å². The molecule has 0 spiro atoms. The van der Waals surface area contributed by atoms with Gasteiger partial charge in [0.2, 0.25) is 0 Å². The number of benzene rings is 8. The minimum atomic E-state index is -0.427. The van der Waals surface area contributed by atoms with E-state index in [9.17, 15) is 0 Å². The Morgan fingerprint density at radius 1 is 0.500 bits per heavy atom. The number of ether oxygens (including phenoxy) is 1. The maximum absolute atomic E-state index is 8.69. The Hall–Kier alpha value is -7.89. The maximum atomic E-state index is 8.69. The lowest BCUT2D eigenvalue weighted by Crippen LogP contribution is -2.25. The van der Waals surface area contributed by atoms with Gasteiger partial charge in [-0.15, -0.1) is 0 Å². The minimum absolute atomic E-state index is 0.0458. The quantitative estimate of drug-likeness (QED) is 0.152. The molecule has 334 valence electrons. The van der Waals surface area contributed by atoms with Crippen molar-refractivity contribution in [2.75, 3.05) is 16.5 Å². The molecule has 1 aliphatic rings. The van der Waals surface area contributed by atoms with Crippen molar-refractivity contribution >= 4 is 44.6 Å². The number of aromatic nitrogens is 2. The van der Waals surface area contributed by atoms with Crippen LogP contribution in [0.5, 0.6) is 11.5 Å². The van der Waals surface area contributed by atoms with Crippen molar-refractivity contribution in [1.29, 1.82) is 0 Å². The van der Waals surface area contributed by atoms with Crippen LogP contribution < -0.4 is 14.5 Å². The Morgan fingerprint density at radius 3 is 1.82 bits per heavy atom. The molecule has 0 unspecified atom stereocenters. The Kier molecular flexibility index (Phi) is 9.18. The fourth-order valence-corrected chi connectivity index (χ4v) is 9.43. The minimum Gasteiger partial charge on any atom is -0.457 e. The van der Waals surface area contributed by atoms with Crippen LogP contribution in [0.15, 0.2) is 200 Å². The standard InChI is InChI=1S/C63H56N4O/c1-42-32-61(64-40-56(42)45-22-15-10-16-23-45)67-57-30-26-46(43-18-11-8-12-19-43)33-55(57)54-29-28-53(39-59(54)67)68-52-25-17-24-50(38-52)65-41-66(51-36-48(62(2,3)4)35-49(37-51)63(5,6)7)60-34-47(27-31-58(60)65)44-20-13-9-14-21-44/h8-40H,41H2,1-7H3/i10D,15D,16D,22D,23D. The highest BCUT2D eigenvalue weighted by Crippen LogP contribution is 2.48. The molecule has 5 heteroatoms. The van der Waals surface area contributed by atoms with Crippen molar-refractivity contribution in [2.45, 2.75) is 59.3 Å². The fraction of sp³-hybridized carbons (Fsp3) is 0.159. The zero-order chi connectivity index (χ0) is 51.1. The second kappa shape index (κ2) is 16.8. The second-order valence-electron chi connectivity index (χ2n) is 19.9. The monoisotopic (exact) mass is 889 g/mol. The van der Waals surface area contributed by atoms with E-state index in [-0.39, 0.29) is 40.6 Å². The van der Waals surface area contributed by atoms with Crippen LogP contribution in [0.2, 0.25) is 0 Å². The molecular weight excluding hydrogens is 829 g/mol. The van der Waals surface area contributed by atoms with Crippen LogP contribution in [0.1, 0.15) is 65.1 Å². The first-order valence-corrected chi connectivity index (χ1v) is 23.3. The second-order valence-corrected chi connectivity index (χ2v) is 19.9. The van der Waals surface area contributed by atoms with Crippen LogP contribution >= 0.6 is 0 Å². The van der Waals surface area contributed by atoms with E-state index in [2.05, 4.69) is 177 Å². The van der Waals surface area contributed by atoms with E-state index in [0.29, 0.717) is 29.5 Å². The fourth-order valence-electron chi connectivity index (χ4n) is 9.43. The number of hydrogen-bond donors (Lipinski definition) is 0. The number of rotatable bonds is 8. The van der Waals surface area contributed by atoms with Gasteiger partial charge in [0, 0.05) is 46.0 Å². The zero-order valence-corrected chi connectivity index (χ0v) is 39.6. The molecule has 2 aromatic heterocycles. The summed E-state index contributed by atoms with van der Waals surface area (Å²) in [5.74, 6) is 1.96. The number of aryl methyl sites for hydroxylation is 1. The van der Waals surface area contributed by atoms with Crippen molar-refractivity contribution in [3.05, 3.63) is 217 Å². The van der Waals surface area contributed by atoms with Crippen molar-refractivity contribution < 1.29 is 11.6 Å². The molecule has 8 aromatic carbocycles. The van der Waals surface area contributed by atoms with Gasteiger partial charge in [-0.25, -0.2) is 4.98 Å². The normalized spacial score (nSPS) is 13.8. The van der Waals surface area contributed by atoms with E-state index in [4.69, 9.17) is 16.6 Å². The third-order valence-corrected chi connectivity index (χ3v) is 13.2. The molecular formula is C63H56N4O. The van der Waals surface area contributed by atoms with Crippen LogP contribution in [0, 0.1) is 6.92 Å². The summed E-state index contributed by atoms with van der Waals surface area (Å²) in [6, 6.07) is 55.9. The number of anilines is 4. The highest BCUT2D eigenvalue weighted by molar-refractivity contribution is 6.10. The van der Waals surface area contributed by atoms with Gasteiger partial charge in [-0.3, -0.25) is 4.57 Å². The molecule has 5 nitrogen and oxygen atoms in total. The predicted molar refractivity (Wildman–Crippen MR) is 286 cm³/mol. The molecule has 0 fully saturated rings. The van der Waals surface area contributed by atoms with Crippen LogP contribution in [0.25, 0.3) is 61.0 Å². The van der Waals surface area contributed by atoms with Crippen LogP contribution in [0.4, 0.5) is 22.7 Å². The molecule has 0 radical (unpaired) electrons. The molecule has 0 saturated carbocycles. The largest absolute Gasteiger partial charge is 0.457 e. The van der Waals surface area contributed by atoms with Gasteiger partial charge < -0.3 is 14.5 Å². The van der Waals surface area contributed by atoms with Crippen LogP contribution in [-0.2, 0) is 10.8 Å². The highest BCUT2D eigenvalue weighted by Gasteiger charge is 2.31. The lowest BCUT2D eigenvalue weighted by Gasteiger charge is -2.29. The summed E-state index contributed by atoms with van der Waals surface area (Å²) >= 11 is 0. The average Bonchev–Trinajstić information content (AvgIpc) is 3.93. The van der Waals surface area contributed by atoms with E-state index in [1.807, 2.05) is 49.4 Å². The number of fused-ring (bicyclic) bond motifs is 4. The first kappa shape index (κ1) is 37.2. The van der Waals surface area contributed by atoms with E-state index in [1.54, 1.807) is 6.20 Å². The van der Waals surface area contributed by atoms with Gasteiger partial charge in [0.05, 0.1) is 29.3 Å². The third-order valence-electron chi connectivity index (χ3n) is 13.2. The molecule has 0 aliphatic carbocycles. The van der Waals surface area contributed by atoms with E-state index >= 15 is 0 Å². The maximum Gasteiger partial charge on any atom is 0.137 e. The molecule has 10 aromatic rings. The molecule has 0 amide bonds. The molecule has 0 bridgehead atoms. The van der Waals surface area contributed by atoms with Crippen LogP contribution in [0.3, 0.4) is 0 Å². The molecule has 0 atom stereocenters. The van der Waals surface area contributed by atoms with E-state index < -0.39 is 6.04 Å². The van der Waals surface area contributed by atoms with Gasteiger partial charge >= 0.3 is 0 Å². The summed E-state index contributed by atoms with van der Waals surface area (Å²) in [7, 11) is 0. The predicted octanol–water partition coefficient (Wildman–Crippen LogP) is 17.1. The van der Waals surface area contributed by atoms with E-state index in [1.165, 1.54) is 16.7 Å². The van der Waals surface area contributed by atoms with Gasteiger partial charge in [0.1, 0.15) is 24.0 Å². The summed E-state index contributed by atoms with van der Waals surface area (Å²) < 4.78 is 51.1. The van der Waals surface area contributed by atoms with Crippen LogP contribution in [-0.4, -0.2) is 16.2 Å². The molecule has 0 N–H and O–H groups in total. The van der Waals surface area contributed by atoms with Gasteiger partial charge in [0.15, 0.2) is 0 Å². The zero-order valence-electron chi connectivity index (χ0n) is 44.6. The Bertz CT molecular complexity index is 3740. The number of hydrogen-bond acceptors (Lipinski definition) is 4. The molecule has 0 saturated heterocycles. The Labute approximate surface area is 407 Å². The number of nitrogens with zero attached hydrogens (tertiary/aromatic N) is 4. The van der Waals surface area contributed by atoms with Gasteiger partial charge in [-0.05, 0) is 129 Å². The topological polar surface area (TPSA) is 33.5 Å². The first-order valence-electron chi connectivity index (χ1n) is 25.8. The summed E-state index contributed by atoms with van der Waals surface area (Å²) in [5.41, 5.74) is 14.6. The Morgan fingerprint density at radius 2 is 1.15 bits per heavy atom. The summed E-state index contributed by atoms with van der Waals surface area (Å²) in [6.07, 6.45) is 1.62. The lowest BCUT2D eigenvalue weighted by molar-refractivity contribution is 0.483. The average molecular weight is 890 g/mol. The summed E-state index contributed by atoms with van der Waals surface area (Å²) in [6.45, 7) is 16.2. The molecule has 68 heavy (non-hydrogen) atoms. The van der Waals surface area contributed by atoms with Gasteiger partial charge in [-0.1, -0.05) is 157 Å². The van der Waals surface area contributed by atoms with Gasteiger partial charge in [0.25, 0.3) is 0 Å². The summed E-state index contributed by atoms with van der Waals surface area (Å²) in [5, 5.41) is 2.05. The summed E-state index contributed by atoms with van der Waals surface area (Å²) in [4.78, 5) is 9.76. The van der Waals surface area contributed by atoms with Crippen molar-refractivity contribution in [3.63, 3.8) is 0 Å². The highest BCUT2D eigenvalue weighted by atomic mass is 16.5. The molecule has 1 aliphatic heterocycles.